The average molecular weight is 270 g/mol. The lowest BCUT2D eigenvalue weighted by Gasteiger charge is -2.14. The van der Waals surface area contributed by atoms with Crippen molar-refractivity contribution in [3.05, 3.63) is 53.9 Å². The number of hydrogen-bond acceptors (Lipinski definition) is 4. The fourth-order valence-electron chi connectivity index (χ4n) is 2.04. The van der Waals surface area contributed by atoms with E-state index < -0.39 is 0 Å². The summed E-state index contributed by atoms with van der Waals surface area (Å²) >= 11 is 0. The summed E-state index contributed by atoms with van der Waals surface area (Å²) < 4.78 is 10.6. The minimum absolute atomic E-state index is 0.128. The largest absolute Gasteiger partial charge is 0.454 e. The molecular weight excluding hydrogens is 256 g/mol. The lowest BCUT2D eigenvalue weighted by molar-refractivity contribution is 0.0939. The molecule has 0 bridgehead atoms. The van der Waals surface area contributed by atoms with E-state index in [4.69, 9.17) is 9.47 Å². The first-order valence-corrected chi connectivity index (χ1v) is 6.34. The van der Waals surface area contributed by atoms with Crippen LogP contribution < -0.4 is 14.8 Å². The summed E-state index contributed by atoms with van der Waals surface area (Å²) in [6.07, 6.45) is 3.18. The molecule has 1 atom stereocenters. The van der Waals surface area contributed by atoms with E-state index in [1.807, 2.05) is 25.1 Å². The van der Waals surface area contributed by atoms with Gasteiger partial charge in [-0.1, -0.05) is 6.07 Å². The topological polar surface area (TPSA) is 60.5 Å². The van der Waals surface area contributed by atoms with Crippen LogP contribution in [0, 0.1) is 0 Å². The molecule has 1 aliphatic heterocycles. The Hall–Kier alpha value is -2.56. The molecule has 1 aliphatic rings. The van der Waals surface area contributed by atoms with Gasteiger partial charge in [0.2, 0.25) is 6.79 Å². The summed E-state index contributed by atoms with van der Waals surface area (Å²) in [5, 5.41) is 2.93. The highest BCUT2D eigenvalue weighted by Crippen LogP contribution is 2.34. The van der Waals surface area contributed by atoms with Gasteiger partial charge >= 0.3 is 0 Å². The number of pyridine rings is 1. The Bertz CT molecular complexity index is 628. The van der Waals surface area contributed by atoms with E-state index in [0.29, 0.717) is 11.3 Å². The van der Waals surface area contributed by atoms with Crippen LogP contribution in [0.4, 0.5) is 0 Å². The fourth-order valence-corrected chi connectivity index (χ4v) is 2.04. The van der Waals surface area contributed by atoms with Gasteiger partial charge in [-0.15, -0.1) is 0 Å². The molecule has 0 radical (unpaired) electrons. The molecule has 0 spiro atoms. The predicted molar refractivity (Wildman–Crippen MR) is 72.7 cm³/mol. The van der Waals surface area contributed by atoms with Gasteiger partial charge in [-0.2, -0.15) is 0 Å². The normalized spacial score (nSPS) is 13.8. The molecule has 102 valence electrons. The SMILES string of the molecule is C[C@H](NC(=O)c1cccnc1)c1ccc2c(c1)OCO2. The number of amides is 1. The highest BCUT2D eigenvalue weighted by atomic mass is 16.7. The molecule has 1 aromatic heterocycles. The van der Waals surface area contributed by atoms with E-state index >= 15 is 0 Å². The van der Waals surface area contributed by atoms with Crippen LogP contribution in [0.25, 0.3) is 0 Å². The van der Waals surface area contributed by atoms with Crippen LogP contribution in [-0.2, 0) is 0 Å². The van der Waals surface area contributed by atoms with Gasteiger partial charge in [-0.05, 0) is 36.8 Å². The maximum absolute atomic E-state index is 12.1. The van der Waals surface area contributed by atoms with Crippen molar-refractivity contribution in [3.63, 3.8) is 0 Å². The first kappa shape index (κ1) is 12.5. The van der Waals surface area contributed by atoms with Crippen molar-refractivity contribution in [2.24, 2.45) is 0 Å². The number of ether oxygens (including phenoxy) is 2. The van der Waals surface area contributed by atoms with Crippen molar-refractivity contribution in [3.8, 4) is 11.5 Å². The highest BCUT2D eigenvalue weighted by molar-refractivity contribution is 5.94. The molecule has 1 aromatic carbocycles. The number of hydrogen-bond donors (Lipinski definition) is 1. The summed E-state index contributed by atoms with van der Waals surface area (Å²) in [5.41, 5.74) is 1.51. The van der Waals surface area contributed by atoms with Crippen LogP contribution in [0.5, 0.6) is 11.5 Å². The summed E-state index contributed by atoms with van der Waals surface area (Å²) in [4.78, 5) is 16.0. The van der Waals surface area contributed by atoms with Crippen molar-refractivity contribution < 1.29 is 14.3 Å². The number of carbonyl (C=O) groups excluding carboxylic acids is 1. The molecule has 20 heavy (non-hydrogen) atoms. The van der Waals surface area contributed by atoms with Crippen LogP contribution in [0.2, 0.25) is 0 Å². The predicted octanol–water partition coefficient (Wildman–Crippen LogP) is 2.30. The van der Waals surface area contributed by atoms with E-state index in [1.54, 1.807) is 24.5 Å². The molecule has 2 aromatic rings. The zero-order chi connectivity index (χ0) is 13.9. The molecular formula is C15H14N2O3. The third kappa shape index (κ3) is 2.42. The Morgan fingerprint density at radius 1 is 1.30 bits per heavy atom. The minimum Gasteiger partial charge on any atom is -0.454 e. The summed E-state index contributed by atoms with van der Waals surface area (Å²) in [7, 11) is 0. The first-order chi connectivity index (χ1) is 9.74. The zero-order valence-electron chi connectivity index (χ0n) is 11.0. The standard InChI is InChI=1S/C15H14N2O3/c1-10(17-15(18)12-3-2-6-16-8-12)11-4-5-13-14(7-11)20-9-19-13/h2-8,10H,9H2,1H3,(H,17,18)/t10-/m0/s1. The molecule has 1 N–H and O–H groups in total. The Morgan fingerprint density at radius 3 is 2.95 bits per heavy atom. The maximum Gasteiger partial charge on any atom is 0.253 e. The van der Waals surface area contributed by atoms with Crippen LogP contribution in [0.3, 0.4) is 0 Å². The molecule has 3 rings (SSSR count). The zero-order valence-corrected chi connectivity index (χ0v) is 11.0. The molecule has 0 saturated heterocycles. The minimum atomic E-state index is -0.150. The van der Waals surface area contributed by atoms with Crippen molar-refractivity contribution in [2.45, 2.75) is 13.0 Å². The Balaban J connectivity index is 1.73. The van der Waals surface area contributed by atoms with Gasteiger partial charge in [0.1, 0.15) is 0 Å². The molecule has 5 heteroatoms. The van der Waals surface area contributed by atoms with Crippen molar-refractivity contribution >= 4 is 5.91 Å². The third-order valence-electron chi connectivity index (χ3n) is 3.17. The molecule has 0 fully saturated rings. The Morgan fingerprint density at radius 2 is 2.15 bits per heavy atom. The van der Waals surface area contributed by atoms with Crippen molar-refractivity contribution in [1.29, 1.82) is 0 Å². The van der Waals surface area contributed by atoms with Crippen molar-refractivity contribution in [2.75, 3.05) is 6.79 Å². The van der Waals surface area contributed by atoms with Gasteiger partial charge in [0.15, 0.2) is 11.5 Å². The van der Waals surface area contributed by atoms with E-state index in [0.717, 1.165) is 11.3 Å². The van der Waals surface area contributed by atoms with Crippen LogP contribution in [0.15, 0.2) is 42.7 Å². The number of aromatic nitrogens is 1. The van der Waals surface area contributed by atoms with Crippen LogP contribution >= 0.6 is 0 Å². The Kier molecular flexibility index (Phi) is 3.25. The van der Waals surface area contributed by atoms with Gasteiger partial charge in [0.05, 0.1) is 11.6 Å². The fraction of sp³-hybridized carbons (Fsp3) is 0.200. The second-order valence-electron chi connectivity index (χ2n) is 4.55. The number of nitrogens with zero attached hydrogens (tertiary/aromatic N) is 1. The van der Waals surface area contributed by atoms with Gasteiger partial charge in [0, 0.05) is 12.4 Å². The first-order valence-electron chi connectivity index (χ1n) is 6.34. The smallest absolute Gasteiger partial charge is 0.253 e. The van der Waals surface area contributed by atoms with Crippen molar-refractivity contribution in [1.82, 2.24) is 10.3 Å². The molecule has 0 aliphatic carbocycles. The van der Waals surface area contributed by atoms with E-state index in [-0.39, 0.29) is 18.7 Å². The maximum atomic E-state index is 12.1. The number of rotatable bonds is 3. The number of fused-ring (bicyclic) bond motifs is 1. The van der Waals surface area contributed by atoms with E-state index in [2.05, 4.69) is 10.3 Å². The quantitative estimate of drug-likeness (QED) is 0.929. The summed E-state index contributed by atoms with van der Waals surface area (Å²) in [5.74, 6) is 1.30. The molecule has 2 heterocycles. The molecule has 0 saturated carbocycles. The molecule has 5 nitrogen and oxygen atoms in total. The molecule has 0 unspecified atom stereocenters. The molecule has 1 amide bonds. The van der Waals surface area contributed by atoms with Gasteiger partial charge in [0.25, 0.3) is 5.91 Å². The second-order valence-corrected chi connectivity index (χ2v) is 4.55. The van der Waals surface area contributed by atoms with Crippen LogP contribution in [-0.4, -0.2) is 17.7 Å². The van der Waals surface area contributed by atoms with Gasteiger partial charge in [-0.25, -0.2) is 0 Å². The lowest BCUT2D eigenvalue weighted by Crippen LogP contribution is -2.26. The van der Waals surface area contributed by atoms with Crippen LogP contribution in [0.1, 0.15) is 28.9 Å². The monoisotopic (exact) mass is 270 g/mol. The number of carbonyl (C=O) groups is 1. The lowest BCUT2D eigenvalue weighted by atomic mass is 10.1. The number of benzene rings is 1. The van der Waals surface area contributed by atoms with E-state index in [9.17, 15) is 4.79 Å². The third-order valence-corrected chi connectivity index (χ3v) is 3.17. The Labute approximate surface area is 116 Å². The van der Waals surface area contributed by atoms with Gasteiger partial charge in [-0.3, -0.25) is 9.78 Å². The van der Waals surface area contributed by atoms with Gasteiger partial charge < -0.3 is 14.8 Å². The second kappa shape index (κ2) is 5.21. The average Bonchev–Trinajstić information content (AvgIpc) is 2.95. The highest BCUT2D eigenvalue weighted by Gasteiger charge is 2.17. The van der Waals surface area contributed by atoms with E-state index in [1.165, 1.54) is 0 Å². The summed E-state index contributed by atoms with van der Waals surface area (Å²) in [6.45, 7) is 2.17. The number of nitrogens with one attached hydrogen (secondary N) is 1. The summed E-state index contributed by atoms with van der Waals surface area (Å²) in [6, 6.07) is 8.99.